The molecule has 2 amide bonds. The van der Waals surface area contributed by atoms with Gasteiger partial charge < -0.3 is 14.5 Å². The number of carbonyl (C=O) groups excluding carboxylic acids is 2. The summed E-state index contributed by atoms with van der Waals surface area (Å²) in [7, 11) is 1.60. The van der Waals surface area contributed by atoms with Crippen molar-refractivity contribution in [1.29, 1.82) is 5.26 Å². The van der Waals surface area contributed by atoms with E-state index >= 15 is 0 Å². The molecule has 1 saturated carbocycles. The van der Waals surface area contributed by atoms with E-state index in [9.17, 15) is 14.9 Å². The lowest BCUT2D eigenvalue weighted by molar-refractivity contribution is -0.146. The van der Waals surface area contributed by atoms with Gasteiger partial charge in [0, 0.05) is 31.1 Å². The second-order valence-corrected chi connectivity index (χ2v) is 9.22. The normalized spacial score (nSPS) is 31.9. The van der Waals surface area contributed by atoms with Crippen molar-refractivity contribution in [2.45, 2.75) is 74.9 Å². The van der Waals surface area contributed by atoms with E-state index < -0.39 is 0 Å². The monoisotopic (exact) mass is 408 g/mol. The summed E-state index contributed by atoms with van der Waals surface area (Å²) in [6.07, 6.45) is 10.3. The second-order valence-electron chi connectivity index (χ2n) is 9.22. The van der Waals surface area contributed by atoms with Crippen molar-refractivity contribution >= 4 is 11.8 Å². The number of hydrogen-bond donors (Lipinski definition) is 0. The number of carbonyl (C=O) groups is 2. The molecule has 4 heterocycles. The Morgan fingerprint density at radius 3 is 2.83 bits per heavy atom. The first-order valence-electron chi connectivity index (χ1n) is 11.1. The van der Waals surface area contributed by atoms with E-state index in [1.807, 2.05) is 15.9 Å². The molecule has 158 valence electrons. The van der Waals surface area contributed by atoms with E-state index in [0.717, 1.165) is 50.5 Å². The Labute approximate surface area is 177 Å². The number of amides is 2. The van der Waals surface area contributed by atoms with E-state index in [1.54, 1.807) is 19.5 Å². The summed E-state index contributed by atoms with van der Waals surface area (Å²) < 4.78 is 5.32. The summed E-state index contributed by atoms with van der Waals surface area (Å²) in [6.45, 7) is 0.509. The zero-order chi connectivity index (χ0) is 20.9. The van der Waals surface area contributed by atoms with Crippen molar-refractivity contribution in [2.24, 2.45) is 5.92 Å². The Bertz CT molecular complexity index is 906. The third-order valence-corrected chi connectivity index (χ3v) is 7.72. The highest BCUT2D eigenvalue weighted by molar-refractivity contribution is 5.90. The van der Waals surface area contributed by atoms with Crippen LogP contribution in [0.3, 0.4) is 0 Å². The number of likely N-dealkylation sites (tertiary alicyclic amines) is 1. The Hall–Kier alpha value is -2.62. The summed E-state index contributed by atoms with van der Waals surface area (Å²) in [4.78, 5) is 34.6. The van der Waals surface area contributed by atoms with E-state index in [-0.39, 0.29) is 41.3 Å². The predicted molar refractivity (Wildman–Crippen MR) is 108 cm³/mol. The topological polar surface area (TPSA) is 86.5 Å². The van der Waals surface area contributed by atoms with Crippen LogP contribution in [0.25, 0.3) is 0 Å². The zero-order valence-corrected chi connectivity index (χ0v) is 17.4. The van der Waals surface area contributed by atoms with Crippen LogP contribution in [0.5, 0.6) is 5.75 Å². The summed E-state index contributed by atoms with van der Waals surface area (Å²) in [5.74, 6) is 0.493. The molecule has 0 aromatic carbocycles. The van der Waals surface area contributed by atoms with Crippen molar-refractivity contribution in [1.82, 2.24) is 14.8 Å². The largest absolute Gasteiger partial charge is 0.495 e. The number of hydrogen-bond acceptors (Lipinski definition) is 5. The highest BCUT2D eigenvalue weighted by Gasteiger charge is 2.64. The first-order valence-corrected chi connectivity index (χ1v) is 11.1. The minimum atomic E-state index is -0.382. The van der Waals surface area contributed by atoms with Gasteiger partial charge in [-0.3, -0.25) is 14.6 Å². The van der Waals surface area contributed by atoms with Crippen LogP contribution in [-0.4, -0.2) is 57.9 Å². The Kier molecular flexibility index (Phi) is 4.68. The first kappa shape index (κ1) is 19.3. The third-order valence-electron chi connectivity index (χ3n) is 7.72. The molecule has 0 N–H and O–H groups in total. The van der Waals surface area contributed by atoms with Crippen LogP contribution in [0, 0.1) is 17.2 Å². The van der Waals surface area contributed by atoms with Gasteiger partial charge in [-0.2, -0.15) is 5.26 Å². The third kappa shape index (κ3) is 2.88. The molecule has 4 atom stereocenters. The molecule has 0 bridgehead atoms. The van der Waals surface area contributed by atoms with Crippen molar-refractivity contribution in [3.63, 3.8) is 0 Å². The summed E-state index contributed by atoms with van der Waals surface area (Å²) in [5.41, 5.74) is 0.560. The van der Waals surface area contributed by atoms with Crippen molar-refractivity contribution < 1.29 is 14.3 Å². The second kappa shape index (κ2) is 7.26. The zero-order valence-electron chi connectivity index (χ0n) is 17.4. The van der Waals surface area contributed by atoms with Crippen LogP contribution in [-0.2, 0) is 9.59 Å². The Morgan fingerprint density at radius 2 is 2.10 bits per heavy atom. The molecular formula is C23H28N4O3. The van der Waals surface area contributed by atoms with Crippen molar-refractivity contribution in [3.05, 3.63) is 24.0 Å². The van der Waals surface area contributed by atoms with Crippen LogP contribution in [0.15, 0.2) is 18.5 Å². The number of methoxy groups -OCH3 is 1. The quantitative estimate of drug-likeness (QED) is 0.767. The Morgan fingerprint density at radius 1 is 1.27 bits per heavy atom. The lowest BCUT2D eigenvalue weighted by Gasteiger charge is -2.34. The molecular weight excluding hydrogens is 380 g/mol. The molecule has 0 unspecified atom stereocenters. The van der Waals surface area contributed by atoms with Gasteiger partial charge in [0.05, 0.1) is 30.8 Å². The maximum atomic E-state index is 13.8. The number of nitriles is 1. The lowest BCUT2D eigenvalue weighted by Crippen LogP contribution is -2.52. The summed E-state index contributed by atoms with van der Waals surface area (Å²) in [6, 6.07) is 4.28. The van der Waals surface area contributed by atoms with Gasteiger partial charge in [-0.1, -0.05) is 6.42 Å². The Balaban J connectivity index is 1.44. The molecule has 3 aliphatic heterocycles. The van der Waals surface area contributed by atoms with Crippen molar-refractivity contribution in [2.75, 3.05) is 13.7 Å². The lowest BCUT2D eigenvalue weighted by atomic mass is 9.85. The summed E-state index contributed by atoms with van der Waals surface area (Å²) >= 11 is 0. The first-order chi connectivity index (χ1) is 14.6. The van der Waals surface area contributed by atoms with Gasteiger partial charge in [0.2, 0.25) is 11.8 Å². The highest BCUT2D eigenvalue weighted by Crippen LogP contribution is 2.58. The molecule has 30 heavy (non-hydrogen) atoms. The van der Waals surface area contributed by atoms with Crippen LogP contribution >= 0.6 is 0 Å². The number of pyridine rings is 1. The predicted octanol–water partition coefficient (Wildman–Crippen LogP) is 2.62. The standard InChI is InChI=1S/C23H28N4O3/c1-30-17-10-15(12-25-13-17)18-14-26(23(8-9-23)19(18)11-24)22(29)20-7-6-16-4-2-3-5-21(28)27(16)20/h10,12-13,16,18-20H,2-9,14H2,1H3/t16-,18+,19+,20-/m0/s1. The van der Waals surface area contributed by atoms with Gasteiger partial charge in [-0.15, -0.1) is 0 Å². The average molecular weight is 409 g/mol. The number of nitrogens with zero attached hydrogens (tertiary/aromatic N) is 4. The van der Waals surface area contributed by atoms with E-state index in [4.69, 9.17) is 4.74 Å². The van der Waals surface area contributed by atoms with E-state index in [0.29, 0.717) is 18.7 Å². The highest BCUT2D eigenvalue weighted by atomic mass is 16.5. The number of ether oxygens (including phenoxy) is 1. The fraction of sp³-hybridized carbons (Fsp3) is 0.652. The van der Waals surface area contributed by atoms with Crippen LogP contribution in [0.2, 0.25) is 0 Å². The molecule has 0 radical (unpaired) electrons. The molecule has 1 aromatic heterocycles. The minimum absolute atomic E-state index is 0.0452. The van der Waals surface area contributed by atoms with Gasteiger partial charge >= 0.3 is 0 Å². The van der Waals surface area contributed by atoms with Crippen molar-refractivity contribution in [3.8, 4) is 11.8 Å². The maximum absolute atomic E-state index is 13.8. The molecule has 3 saturated heterocycles. The fourth-order valence-corrected chi connectivity index (χ4v) is 6.05. The van der Waals surface area contributed by atoms with Gasteiger partial charge in [0.15, 0.2) is 0 Å². The summed E-state index contributed by atoms with van der Waals surface area (Å²) in [5, 5.41) is 10.0. The van der Waals surface area contributed by atoms with Crippen LogP contribution in [0.1, 0.15) is 62.8 Å². The molecule has 7 heteroatoms. The van der Waals surface area contributed by atoms with E-state index in [2.05, 4.69) is 11.1 Å². The SMILES string of the molecule is COc1cncc([C@H]2CN(C(=O)[C@@H]3CC[C@@H]4CCCCC(=O)N43)C3(CC3)[C@@H]2C#N)c1. The van der Waals surface area contributed by atoms with Gasteiger partial charge in [-0.05, 0) is 50.2 Å². The number of aromatic nitrogens is 1. The van der Waals surface area contributed by atoms with Gasteiger partial charge in [-0.25, -0.2) is 0 Å². The molecule has 7 nitrogen and oxygen atoms in total. The fourth-order valence-electron chi connectivity index (χ4n) is 6.05. The van der Waals surface area contributed by atoms with Gasteiger partial charge in [0.1, 0.15) is 11.8 Å². The number of fused-ring (bicyclic) bond motifs is 1. The molecule has 1 spiro atoms. The smallest absolute Gasteiger partial charge is 0.245 e. The van der Waals surface area contributed by atoms with Gasteiger partial charge in [0.25, 0.3) is 0 Å². The molecule has 4 fully saturated rings. The average Bonchev–Trinajstić information content (AvgIpc) is 3.37. The minimum Gasteiger partial charge on any atom is -0.495 e. The number of rotatable bonds is 3. The molecule has 1 aromatic rings. The van der Waals surface area contributed by atoms with E-state index in [1.165, 1.54) is 0 Å². The molecule has 5 rings (SSSR count). The van der Waals surface area contributed by atoms with Crippen LogP contribution < -0.4 is 4.74 Å². The van der Waals surface area contributed by atoms with Crippen LogP contribution in [0.4, 0.5) is 0 Å². The molecule has 4 aliphatic rings. The molecule has 1 aliphatic carbocycles. The maximum Gasteiger partial charge on any atom is 0.245 e.